The molecule has 4 aromatic rings. The monoisotopic (exact) mass is 897 g/mol. The third-order valence-electron chi connectivity index (χ3n) is 14.8. The van der Waals surface area contributed by atoms with Gasteiger partial charge in [-0.15, -0.1) is 0 Å². The molecule has 1 atom stereocenters. The van der Waals surface area contributed by atoms with Gasteiger partial charge >= 0.3 is 0 Å². The van der Waals surface area contributed by atoms with E-state index in [1.165, 1.54) is 17.7 Å². The number of amides is 3. The van der Waals surface area contributed by atoms with Crippen molar-refractivity contribution in [2.45, 2.75) is 82.5 Å². The number of rotatable bonds is 12. The van der Waals surface area contributed by atoms with Crippen LogP contribution >= 0.6 is 11.6 Å². The second-order valence-corrected chi connectivity index (χ2v) is 19.5. The number of piperidine rings is 2. The van der Waals surface area contributed by atoms with Gasteiger partial charge < -0.3 is 19.4 Å². The van der Waals surface area contributed by atoms with Gasteiger partial charge in [-0.2, -0.15) is 5.26 Å². The van der Waals surface area contributed by atoms with E-state index in [-0.39, 0.29) is 29.7 Å². The van der Waals surface area contributed by atoms with Crippen LogP contribution in [0.2, 0.25) is 5.02 Å². The number of nitrogens with zero attached hydrogens (tertiary/aromatic N) is 8. The normalized spacial score (nSPS) is 20.7. The maximum Gasteiger partial charge on any atom is 0.255 e. The van der Waals surface area contributed by atoms with E-state index in [2.05, 4.69) is 61.9 Å². The van der Waals surface area contributed by atoms with Gasteiger partial charge in [-0.25, -0.2) is 9.97 Å². The Labute approximate surface area is 385 Å². The number of anilines is 2. The zero-order chi connectivity index (χ0) is 45.5. The fourth-order valence-corrected chi connectivity index (χ4v) is 10.7. The number of ether oxygens (including phenoxy) is 1. The second-order valence-electron chi connectivity index (χ2n) is 19.1. The largest absolute Gasteiger partial charge is 0.487 e. The molecule has 1 unspecified atom stereocenters. The molecule has 5 aliphatic rings. The molecule has 0 radical (unpaired) electrons. The van der Waals surface area contributed by atoms with Gasteiger partial charge in [0, 0.05) is 106 Å². The van der Waals surface area contributed by atoms with Crippen LogP contribution in [-0.4, -0.2) is 126 Å². The minimum atomic E-state index is -0.748. The predicted molar refractivity (Wildman–Crippen MR) is 247 cm³/mol. The fourth-order valence-electron chi connectivity index (χ4n) is 10.5. The summed E-state index contributed by atoms with van der Waals surface area (Å²) in [4.78, 5) is 70.2. The van der Waals surface area contributed by atoms with Gasteiger partial charge in [0.2, 0.25) is 17.8 Å². The van der Waals surface area contributed by atoms with Crippen molar-refractivity contribution in [1.29, 1.82) is 5.26 Å². The Morgan fingerprint density at radius 2 is 1.68 bits per heavy atom. The summed E-state index contributed by atoms with van der Waals surface area (Å²) in [7, 11) is 1.54. The summed E-state index contributed by atoms with van der Waals surface area (Å²) >= 11 is 6.31. The molecule has 1 aromatic heterocycles. The highest BCUT2D eigenvalue weighted by molar-refractivity contribution is 6.30. The van der Waals surface area contributed by atoms with Crippen LogP contribution in [0.3, 0.4) is 0 Å². The number of aromatic nitrogens is 2. The molecule has 1 saturated carbocycles. The van der Waals surface area contributed by atoms with Crippen molar-refractivity contribution in [3.8, 4) is 11.8 Å². The van der Waals surface area contributed by atoms with Gasteiger partial charge in [0.15, 0.2) is 6.29 Å². The van der Waals surface area contributed by atoms with Crippen LogP contribution in [0.4, 0.5) is 11.6 Å². The molecule has 1 N–H and O–H groups in total. The molecule has 4 aliphatic heterocycles. The third-order valence-corrected chi connectivity index (χ3v) is 15.1. The van der Waals surface area contributed by atoms with Gasteiger partial charge in [0.25, 0.3) is 5.91 Å². The number of imide groups is 1. The molecule has 9 rings (SSSR count). The van der Waals surface area contributed by atoms with Crippen LogP contribution in [0.25, 0.3) is 0 Å². The molecule has 3 aromatic carbocycles. The van der Waals surface area contributed by atoms with Gasteiger partial charge in [0.05, 0.1) is 22.9 Å². The number of aldehydes is 1. The van der Waals surface area contributed by atoms with E-state index in [9.17, 15) is 24.4 Å². The Balaban J connectivity index is 0.696. The summed E-state index contributed by atoms with van der Waals surface area (Å²) in [6.07, 6.45) is 7.65. The minimum Gasteiger partial charge on any atom is -0.487 e. The number of likely N-dealkylation sites (tertiary alicyclic amines) is 1. The van der Waals surface area contributed by atoms with E-state index < -0.39 is 17.9 Å². The molecule has 5 heterocycles. The van der Waals surface area contributed by atoms with Crippen molar-refractivity contribution in [2.75, 3.05) is 69.2 Å². The number of nitrogens with one attached hydrogen (secondary N) is 1. The van der Waals surface area contributed by atoms with E-state index in [1.807, 2.05) is 42.6 Å². The van der Waals surface area contributed by atoms with Gasteiger partial charge in [0.1, 0.15) is 18.4 Å². The zero-order valence-electron chi connectivity index (χ0n) is 37.3. The van der Waals surface area contributed by atoms with Gasteiger partial charge in [-0.05, 0) is 103 Å². The van der Waals surface area contributed by atoms with E-state index >= 15 is 0 Å². The lowest BCUT2D eigenvalue weighted by atomic mass is 9.59. The number of benzene rings is 3. The number of hydrogen-bond donors (Lipinski definition) is 1. The minimum absolute atomic E-state index is 0.174. The van der Waals surface area contributed by atoms with Crippen molar-refractivity contribution in [3.05, 3.63) is 111 Å². The van der Waals surface area contributed by atoms with Crippen LogP contribution in [0.5, 0.6) is 5.75 Å². The molecule has 65 heavy (non-hydrogen) atoms. The lowest BCUT2D eigenvalue weighted by molar-refractivity contribution is -0.136. The van der Waals surface area contributed by atoms with Crippen molar-refractivity contribution < 1.29 is 23.9 Å². The molecule has 0 bridgehead atoms. The van der Waals surface area contributed by atoms with Crippen molar-refractivity contribution in [1.82, 2.24) is 30.0 Å². The molecule has 15 heteroatoms. The number of carbonyl (C=O) groups is 4. The molecule has 5 fully saturated rings. The van der Waals surface area contributed by atoms with E-state index in [1.54, 1.807) is 25.2 Å². The lowest BCUT2D eigenvalue weighted by Gasteiger charge is -2.60. The Hall–Kier alpha value is -5.88. The Morgan fingerprint density at radius 1 is 0.938 bits per heavy atom. The number of nitriles is 1. The number of carbonyl (C=O) groups excluding carboxylic acids is 4. The fraction of sp³-hybridized carbons (Fsp3) is 0.460. The van der Waals surface area contributed by atoms with Gasteiger partial charge in [-0.3, -0.25) is 34.3 Å². The summed E-state index contributed by atoms with van der Waals surface area (Å²) in [6, 6.07) is 23.5. The van der Waals surface area contributed by atoms with Crippen LogP contribution in [0.1, 0.15) is 95.5 Å². The number of halogens is 1. The molecular formula is C50H56ClN9O5. The van der Waals surface area contributed by atoms with Crippen molar-refractivity contribution in [3.63, 3.8) is 0 Å². The Kier molecular flexibility index (Phi) is 12.4. The van der Waals surface area contributed by atoms with Crippen molar-refractivity contribution >= 4 is 47.2 Å². The first-order valence-electron chi connectivity index (χ1n) is 22.8. The first-order valence-corrected chi connectivity index (χ1v) is 23.1. The van der Waals surface area contributed by atoms with Crippen LogP contribution in [0.15, 0.2) is 72.9 Å². The van der Waals surface area contributed by atoms with Crippen LogP contribution < -0.4 is 19.9 Å². The second kappa shape index (κ2) is 18.2. The first-order chi connectivity index (χ1) is 31.3. The maximum atomic E-state index is 13.4. The summed E-state index contributed by atoms with van der Waals surface area (Å²) < 4.78 is 6.16. The van der Waals surface area contributed by atoms with Crippen LogP contribution in [-0.2, 0) is 21.6 Å². The summed E-state index contributed by atoms with van der Waals surface area (Å²) in [5.41, 5.74) is 4.97. The smallest absolute Gasteiger partial charge is 0.255 e. The lowest BCUT2D eigenvalue weighted by Crippen LogP contribution is -2.68. The summed E-state index contributed by atoms with van der Waals surface area (Å²) in [6.45, 7) is 12.4. The Morgan fingerprint density at radius 3 is 2.37 bits per heavy atom. The zero-order valence-corrected chi connectivity index (χ0v) is 38.1. The van der Waals surface area contributed by atoms with Gasteiger partial charge in [-0.1, -0.05) is 37.6 Å². The molecular weight excluding hydrogens is 842 g/mol. The standard InChI is InChI=1S/C50H56ClN9O5/c1-49(2,36-22-33(28-52)23-37(51)25-36)35-4-7-42(8-5-35)65-32-38-12-15-53-48(54-38)59-20-18-58(19-21-59)41-29-60(30-41)40-26-50(27-40)13-16-57(17-14-50)39-6-9-43(34(24-39)31-61)47(64)56(3)44-10-11-45(62)55-46(44)63/h4-9,12,15,22-25,31,40-41,44H,10-11,13-14,16-21,26-27,29-30,32H2,1-3H3,(H,55,62,63). The summed E-state index contributed by atoms with van der Waals surface area (Å²) in [5, 5.41) is 12.3. The quantitative estimate of drug-likeness (QED) is 0.134. The predicted octanol–water partition coefficient (Wildman–Crippen LogP) is 5.85. The molecule has 4 saturated heterocycles. The van der Waals surface area contributed by atoms with E-state index in [4.69, 9.17) is 21.3 Å². The summed E-state index contributed by atoms with van der Waals surface area (Å²) in [5.74, 6) is 0.264. The highest BCUT2D eigenvalue weighted by Crippen LogP contribution is 2.52. The Bertz CT molecular complexity index is 2500. The molecule has 1 aliphatic carbocycles. The highest BCUT2D eigenvalue weighted by Gasteiger charge is 2.50. The first kappa shape index (κ1) is 44.3. The number of hydrogen-bond acceptors (Lipinski definition) is 12. The van der Waals surface area contributed by atoms with E-state index in [0.717, 1.165) is 99.4 Å². The average molecular weight is 899 g/mol. The van der Waals surface area contributed by atoms with Crippen LogP contribution in [0, 0.1) is 16.7 Å². The average Bonchev–Trinajstić information content (AvgIpc) is 3.29. The maximum absolute atomic E-state index is 13.4. The highest BCUT2D eigenvalue weighted by atomic mass is 35.5. The van der Waals surface area contributed by atoms with E-state index in [0.29, 0.717) is 46.5 Å². The molecule has 338 valence electrons. The molecule has 1 spiro atoms. The molecule has 14 nitrogen and oxygen atoms in total. The SMILES string of the molecule is CN(C(=O)c1ccc(N2CCC3(CC2)CC(N2CC(N4CCN(c5nccc(COc6ccc(C(C)(C)c7cc(Cl)cc(C#N)c7)cc6)n5)CC4)C2)C3)cc1C=O)C1CCC(=O)NC1=O. The topological polar surface area (TPSA) is 155 Å². The third kappa shape index (κ3) is 9.19. The van der Waals surface area contributed by atoms with Crippen molar-refractivity contribution in [2.24, 2.45) is 5.41 Å². The number of likely N-dealkylation sites (N-methyl/N-ethyl adjacent to an activating group) is 1. The molecule has 3 amide bonds. The number of piperazine rings is 1.